The van der Waals surface area contributed by atoms with Crippen molar-refractivity contribution in [1.29, 1.82) is 0 Å². The van der Waals surface area contributed by atoms with Gasteiger partial charge in [-0.3, -0.25) is 0 Å². The van der Waals surface area contributed by atoms with Gasteiger partial charge in [0, 0.05) is 23.4 Å². The van der Waals surface area contributed by atoms with Gasteiger partial charge in [0.25, 0.3) is 0 Å². The number of hydrogen-bond acceptors (Lipinski definition) is 3. The summed E-state index contributed by atoms with van der Waals surface area (Å²) in [7, 11) is 0. The van der Waals surface area contributed by atoms with Crippen LogP contribution in [0, 0.1) is 0 Å². The molecule has 0 bridgehead atoms. The predicted molar refractivity (Wildman–Crippen MR) is 73.3 cm³/mol. The second-order valence-corrected chi connectivity index (χ2v) is 5.55. The highest BCUT2D eigenvalue weighted by Crippen LogP contribution is 2.19. The lowest BCUT2D eigenvalue weighted by molar-refractivity contribution is 0.421. The molecule has 94 valence electrons. The maximum absolute atomic E-state index is 5.94. The van der Waals surface area contributed by atoms with Crippen LogP contribution in [-0.2, 0) is 19.4 Å². The smallest absolute Gasteiger partial charge is 0.155 e. The first kappa shape index (κ1) is 11.9. The van der Waals surface area contributed by atoms with Crippen molar-refractivity contribution in [2.24, 2.45) is 5.73 Å². The summed E-state index contributed by atoms with van der Waals surface area (Å²) in [5.41, 5.74) is 7.15. The Morgan fingerprint density at radius 3 is 3.06 bits per heavy atom. The fourth-order valence-electron chi connectivity index (χ4n) is 2.27. The number of rotatable bonds is 2. The number of fused-ring (bicyclic) bond motifs is 1. The maximum atomic E-state index is 5.94. The highest BCUT2D eigenvalue weighted by Gasteiger charge is 2.19. The standard InChI is InChI=1S/C13H15BrN4/c14-11-4-2-1-3-9(11)7-12-16-13-6-5-10(15)8-18(13)17-12/h1-4,10H,5-8,15H2. The van der Waals surface area contributed by atoms with Crippen molar-refractivity contribution < 1.29 is 0 Å². The summed E-state index contributed by atoms with van der Waals surface area (Å²) >= 11 is 3.55. The largest absolute Gasteiger partial charge is 0.326 e. The minimum absolute atomic E-state index is 0.218. The molecule has 3 rings (SSSR count). The molecular formula is C13H15BrN4. The molecule has 0 radical (unpaired) electrons. The molecular weight excluding hydrogens is 292 g/mol. The van der Waals surface area contributed by atoms with Crippen molar-refractivity contribution in [3.63, 3.8) is 0 Å². The summed E-state index contributed by atoms with van der Waals surface area (Å²) in [6.45, 7) is 0.790. The van der Waals surface area contributed by atoms with Crippen molar-refractivity contribution in [3.8, 4) is 0 Å². The van der Waals surface area contributed by atoms with Gasteiger partial charge in [-0.15, -0.1) is 0 Å². The maximum Gasteiger partial charge on any atom is 0.155 e. The second kappa shape index (κ2) is 4.82. The molecule has 0 saturated carbocycles. The number of benzene rings is 1. The Kier molecular flexibility index (Phi) is 3.18. The second-order valence-electron chi connectivity index (χ2n) is 4.69. The molecule has 0 aliphatic carbocycles. The van der Waals surface area contributed by atoms with E-state index >= 15 is 0 Å². The zero-order valence-electron chi connectivity index (χ0n) is 10.0. The molecule has 2 heterocycles. The monoisotopic (exact) mass is 306 g/mol. The summed E-state index contributed by atoms with van der Waals surface area (Å²) in [6.07, 6.45) is 2.70. The molecule has 4 nitrogen and oxygen atoms in total. The van der Waals surface area contributed by atoms with Gasteiger partial charge in [-0.1, -0.05) is 34.1 Å². The Labute approximate surface area is 114 Å². The lowest BCUT2D eigenvalue weighted by Crippen LogP contribution is -2.32. The van der Waals surface area contributed by atoms with Gasteiger partial charge in [-0.2, -0.15) is 5.10 Å². The third kappa shape index (κ3) is 2.33. The molecule has 1 aromatic carbocycles. The molecule has 0 fully saturated rings. The van der Waals surface area contributed by atoms with Crippen LogP contribution in [0.3, 0.4) is 0 Å². The minimum atomic E-state index is 0.218. The number of nitrogens with zero attached hydrogens (tertiary/aromatic N) is 3. The molecule has 0 spiro atoms. The molecule has 5 heteroatoms. The minimum Gasteiger partial charge on any atom is -0.326 e. The van der Waals surface area contributed by atoms with Crippen molar-refractivity contribution in [3.05, 3.63) is 46.0 Å². The van der Waals surface area contributed by atoms with Crippen LogP contribution in [0.1, 0.15) is 23.6 Å². The van der Waals surface area contributed by atoms with E-state index in [-0.39, 0.29) is 6.04 Å². The fraction of sp³-hybridized carbons (Fsp3) is 0.385. The summed E-state index contributed by atoms with van der Waals surface area (Å²) in [6, 6.07) is 8.40. The highest BCUT2D eigenvalue weighted by atomic mass is 79.9. The van der Waals surface area contributed by atoms with E-state index in [1.807, 2.05) is 22.9 Å². The van der Waals surface area contributed by atoms with Crippen molar-refractivity contribution in [2.75, 3.05) is 0 Å². The third-order valence-corrected chi connectivity index (χ3v) is 4.02. The van der Waals surface area contributed by atoms with Crippen molar-refractivity contribution in [1.82, 2.24) is 14.8 Å². The van der Waals surface area contributed by atoms with E-state index < -0.39 is 0 Å². The van der Waals surface area contributed by atoms with E-state index in [2.05, 4.69) is 32.1 Å². The first-order valence-corrected chi connectivity index (χ1v) is 6.93. The Bertz CT molecular complexity index is 564. The van der Waals surface area contributed by atoms with Gasteiger partial charge in [0.2, 0.25) is 0 Å². The average Bonchev–Trinajstić information content (AvgIpc) is 2.73. The van der Waals surface area contributed by atoms with E-state index in [1.54, 1.807) is 0 Å². The Morgan fingerprint density at radius 2 is 2.22 bits per heavy atom. The third-order valence-electron chi connectivity index (χ3n) is 3.24. The van der Waals surface area contributed by atoms with Crippen LogP contribution in [-0.4, -0.2) is 20.8 Å². The zero-order chi connectivity index (χ0) is 12.5. The van der Waals surface area contributed by atoms with E-state index in [1.165, 1.54) is 5.56 Å². The molecule has 1 aromatic heterocycles. The highest BCUT2D eigenvalue weighted by molar-refractivity contribution is 9.10. The zero-order valence-corrected chi connectivity index (χ0v) is 11.6. The van der Waals surface area contributed by atoms with E-state index in [4.69, 9.17) is 5.73 Å². The topological polar surface area (TPSA) is 56.7 Å². The summed E-state index contributed by atoms with van der Waals surface area (Å²) < 4.78 is 3.06. The molecule has 18 heavy (non-hydrogen) atoms. The van der Waals surface area contributed by atoms with Gasteiger partial charge in [0.1, 0.15) is 5.82 Å². The summed E-state index contributed by atoms with van der Waals surface area (Å²) in [4.78, 5) is 4.60. The van der Waals surface area contributed by atoms with Gasteiger partial charge in [-0.25, -0.2) is 9.67 Å². The van der Waals surface area contributed by atoms with Gasteiger partial charge < -0.3 is 5.73 Å². The predicted octanol–water partition coefficient (Wildman–Crippen LogP) is 1.90. The van der Waals surface area contributed by atoms with Crippen LogP contribution in [0.25, 0.3) is 0 Å². The molecule has 0 saturated heterocycles. The first-order valence-electron chi connectivity index (χ1n) is 6.14. The van der Waals surface area contributed by atoms with Crippen LogP contribution in [0.4, 0.5) is 0 Å². The molecule has 2 N–H and O–H groups in total. The van der Waals surface area contributed by atoms with Crippen LogP contribution in [0.2, 0.25) is 0 Å². The number of aryl methyl sites for hydroxylation is 1. The first-order chi connectivity index (χ1) is 8.72. The van der Waals surface area contributed by atoms with E-state index in [9.17, 15) is 0 Å². The molecule has 0 amide bonds. The lowest BCUT2D eigenvalue weighted by atomic mass is 10.1. The van der Waals surface area contributed by atoms with Crippen molar-refractivity contribution in [2.45, 2.75) is 31.8 Å². The molecule has 2 aromatic rings. The van der Waals surface area contributed by atoms with Crippen molar-refractivity contribution >= 4 is 15.9 Å². The summed E-state index contributed by atoms with van der Waals surface area (Å²) in [5, 5.41) is 4.54. The number of nitrogens with two attached hydrogens (primary N) is 1. The van der Waals surface area contributed by atoms with Gasteiger partial charge in [-0.05, 0) is 18.1 Å². The number of halogens is 1. The fourth-order valence-corrected chi connectivity index (χ4v) is 2.70. The van der Waals surface area contributed by atoms with Crippen LogP contribution < -0.4 is 5.73 Å². The summed E-state index contributed by atoms with van der Waals surface area (Å²) in [5.74, 6) is 1.95. The Balaban J connectivity index is 1.84. The van der Waals surface area contributed by atoms with Gasteiger partial charge >= 0.3 is 0 Å². The van der Waals surface area contributed by atoms with E-state index in [0.717, 1.165) is 41.9 Å². The normalized spacial score (nSPS) is 18.7. The van der Waals surface area contributed by atoms with E-state index in [0.29, 0.717) is 0 Å². The van der Waals surface area contributed by atoms with Crippen LogP contribution >= 0.6 is 15.9 Å². The number of aromatic nitrogens is 3. The number of hydrogen-bond donors (Lipinski definition) is 1. The lowest BCUT2D eigenvalue weighted by Gasteiger charge is -2.17. The quantitative estimate of drug-likeness (QED) is 0.922. The Hall–Kier alpha value is -1.20. The van der Waals surface area contributed by atoms with Crippen LogP contribution in [0.15, 0.2) is 28.7 Å². The van der Waals surface area contributed by atoms with Crippen LogP contribution in [0.5, 0.6) is 0 Å². The van der Waals surface area contributed by atoms with Gasteiger partial charge in [0.05, 0.1) is 6.54 Å². The molecule has 1 aliphatic heterocycles. The SMILES string of the molecule is NC1CCc2nc(Cc3ccccc3Br)nn2C1. The van der Waals surface area contributed by atoms with Gasteiger partial charge in [0.15, 0.2) is 5.82 Å². The molecule has 1 aliphatic rings. The Morgan fingerprint density at radius 1 is 1.39 bits per heavy atom. The average molecular weight is 307 g/mol. The molecule has 1 unspecified atom stereocenters. The molecule has 1 atom stereocenters.